The average molecular weight is 463 g/mol. The Labute approximate surface area is 200 Å². The van der Waals surface area contributed by atoms with Gasteiger partial charge in [0.1, 0.15) is 0 Å². The number of carbonyl (C=O) groups excluding carboxylic acids is 2. The molecule has 172 valence electrons. The number of nitrogens with one attached hydrogen (secondary N) is 2. The summed E-state index contributed by atoms with van der Waals surface area (Å²) in [6, 6.07) is 28.2. The van der Waals surface area contributed by atoms with Gasteiger partial charge < -0.3 is 10.6 Å². The lowest BCUT2D eigenvalue weighted by molar-refractivity contribution is 0.102. The number of nitrogens with zero attached hydrogens (tertiary/aromatic N) is 3. The molecular formula is C27H21N5O3. The van der Waals surface area contributed by atoms with E-state index in [1.807, 2.05) is 18.2 Å². The summed E-state index contributed by atoms with van der Waals surface area (Å²) >= 11 is 0. The lowest BCUT2D eigenvalue weighted by Crippen LogP contribution is -2.21. The van der Waals surface area contributed by atoms with Crippen LogP contribution in [0.2, 0.25) is 0 Å². The summed E-state index contributed by atoms with van der Waals surface area (Å²) in [6.45, 7) is 0.258. The summed E-state index contributed by atoms with van der Waals surface area (Å²) in [5.41, 5.74) is 2.93. The van der Waals surface area contributed by atoms with E-state index < -0.39 is 0 Å². The fourth-order valence-corrected chi connectivity index (χ4v) is 3.76. The summed E-state index contributed by atoms with van der Waals surface area (Å²) < 4.78 is 2.86. The second-order valence-corrected chi connectivity index (χ2v) is 7.89. The number of anilines is 2. The summed E-state index contributed by atoms with van der Waals surface area (Å²) in [7, 11) is 0. The third-order valence-electron chi connectivity index (χ3n) is 5.46. The van der Waals surface area contributed by atoms with Crippen molar-refractivity contribution in [1.82, 2.24) is 14.2 Å². The molecular weight excluding hydrogens is 442 g/mol. The first-order chi connectivity index (χ1) is 17.1. The van der Waals surface area contributed by atoms with Crippen molar-refractivity contribution in [3.8, 4) is 0 Å². The van der Waals surface area contributed by atoms with Crippen molar-refractivity contribution in [2.45, 2.75) is 6.54 Å². The maximum atomic E-state index is 13.1. The van der Waals surface area contributed by atoms with Crippen molar-refractivity contribution in [2.75, 3.05) is 10.6 Å². The van der Waals surface area contributed by atoms with Crippen LogP contribution in [0.3, 0.4) is 0 Å². The molecule has 2 aromatic heterocycles. The van der Waals surface area contributed by atoms with Crippen LogP contribution in [0, 0.1) is 0 Å². The van der Waals surface area contributed by atoms with E-state index in [9.17, 15) is 14.4 Å². The van der Waals surface area contributed by atoms with E-state index in [1.54, 1.807) is 85.1 Å². The molecule has 0 spiro atoms. The molecule has 0 aliphatic rings. The minimum absolute atomic E-state index is 0.238. The van der Waals surface area contributed by atoms with E-state index >= 15 is 0 Å². The minimum atomic E-state index is -0.365. The van der Waals surface area contributed by atoms with Crippen molar-refractivity contribution in [3.05, 3.63) is 130 Å². The molecule has 2 amide bonds. The zero-order valence-corrected chi connectivity index (χ0v) is 18.6. The van der Waals surface area contributed by atoms with Crippen LogP contribution in [0.5, 0.6) is 0 Å². The Balaban J connectivity index is 1.34. The molecule has 8 heteroatoms. The highest BCUT2D eigenvalue weighted by molar-refractivity contribution is 6.12. The summed E-state index contributed by atoms with van der Waals surface area (Å²) in [4.78, 5) is 38.2. The predicted molar refractivity (Wildman–Crippen MR) is 134 cm³/mol. The third-order valence-corrected chi connectivity index (χ3v) is 5.46. The highest BCUT2D eigenvalue weighted by atomic mass is 16.2. The number of para-hydroxylation sites is 1. The third kappa shape index (κ3) is 4.72. The summed E-state index contributed by atoms with van der Waals surface area (Å²) in [5, 5.41) is 10.0. The van der Waals surface area contributed by atoms with Gasteiger partial charge in [-0.2, -0.15) is 0 Å². The molecule has 0 radical (unpaired) electrons. The van der Waals surface area contributed by atoms with Crippen molar-refractivity contribution in [1.29, 1.82) is 0 Å². The molecule has 0 saturated carbocycles. The van der Waals surface area contributed by atoms with E-state index in [0.717, 1.165) is 5.56 Å². The molecule has 8 nitrogen and oxygen atoms in total. The first-order valence-corrected chi connectivity index (χ1v) is 11.0. The van der Waals surface area contributed by atoms with Crippen molar-refractivity contribution < 1.29 is 9.59 Å². The van der Waals surface area contributed by atoms with Gasteiger partial charge >= 0.3 is 5.69 Å². The Morgan fingerprint density at radius 3 is 2.37 bits per heavy atom. The largest absolute Gasteiger partial charge is 0.350 e. The molecule has 2 N–H and O–H groups in total. The van der Waals surface area contributed by atoms with E-state index in [-0.39, 0.29) is 24.0 Å². The quantitative estimate of drug-likeness (QED) is 0.397. The van der Waals surface area contributed by atoms with Gasteiger partial charge in [-0.15, -0.1) is 5.10 Å². The number of amides is 2. The van der Waals surface area contributed by atoms with Crippen LogP contribution >= 0.6 is 0 Å². The number of rotatable bonds is 6. The number of aromatic nitrogens is 3. The molecule has 0 fully saturated rings. The molecule has 0 bridgehead atoms. The second-order valence-electron chi connectivity index (χ2n) is 7.89. The molecule has 5 rings (SSSR count). The number of carbonyl (C=O) groups is 2. The van der Waals surface area contributed by atoms with Crippen LogP contribution in [0.1, 0.15) is 26.3 Å². The van der Waals surface area contributed by atoms with Gasteiger partial charge in [-0.3, -0.25) is 14.0 Å². The Morgan fingerprint density at radius 1 is 0.771 bits per heavy atom. The standard InChI is InChI=1S/C27H21N5O3/c33-25(20-10-2-1-3-11-20)29-23-14-5-4-13-22(23)26(34)28-21-12-8-9-19(17-21)18-32-27(35)31-16-7-6-15-24(31)30-32/h1-17H,18H2,(H,28,34)(H,29,33). The number of benzene rings is 3. The van der Waals surface area contributed by atoms with E-state index in [0.29, 0.717) is 28.1 Å². The average Bonchev–Trinajstić information content (AvgIpc) is 3.20. The lowest BCUT2D eigenvalue weighted by Gasteiger charge is -2.12. The predicted octanol–water partition coefficient (Wildman–Crippen LogP) is 4.05. The van der Waals surface area contributed by atoms with E-state index in [2.05, 4.69) is 15.7 Å². The molecule has 0 atom stereocenters. The van der Waals surface area contributed by atoms with Crippen LogP contribution in [-0.2, 0) is 6.54 Å². The molecule has 5 aromatic rings. The van der Waals surface area contributed by atoms with Gasteiger partial charge in [-0.05, 0) is 54.1 Å². The number of pyridine rings is 1. The van der Waals surface area contributed by atoms with Crippen molar-refractivity contribution >= 4 is 28.8 Å². The SMILES string of the molecule is O=C(Nc1ccccc1C(=O)Nc1cccc(Cn2nc3ccccn3c2=O)c1)c1ccccc1. The van der Waals surface area contributed by atoms with Crippen LogP contribution in [0.25, 0.3) is 5.65 Å². The maximum absolute atomic E-state index is 13.1. The zero-order chi connectivity index (χ0) is 24.2. The van der Waals surface area contributed by atoms with Gasteiger partial charge in [0, 0.05) is 17.4 Å². The zero-order valence-electron chi connectivity index (χ0n) is 18.6. The smallest absolute Gasteiger partial charge is 0.322 e. The molecule has 0 aliphatic carbocycles. The first kappa shape index (κ1) is 21.8. The number of fused-ring (bicyclic) bond motifs is 1. The molecule has 0 unspecified atom stereocenters. The molecule has 0 saturated heterocycles. The Hall–Kier alpha value is -4.98. The summed E-state index contributed by atoms with van der Waals surface area (Å²) in [5.74, 6) is -0.665. The van der Waals surface area contributed by atoms with Crippen LogP contribution in [-0.4, -0.2) is 26.0 Å². The van der Waals surface area contributed by atoms with Crippen molar-refractivity contribution in [2.24, 2.45) is 0 Å². The Bertz CT molecular complexity index is 1590. The molecule has 2 heterocycles. The lowest BCUT2D eigenvalue weighted by atomic mass is 10.1. The van der Waals surface area contributed by atoms with Crippen LogP contribution in [0.4, 0.5) is 11.4 Å². The van der Waals surface area contributed by atoms with Gasteiger partial charge in [-0.1, -0.05) is 48.5 Å². The topological polar surface area (TPSA) is 97.5 Å². The maximum Gasteiger partial charge on any atom is 0.350 e. The fraction of sp³-hybridized carbons (Fsp3) is 0.0370. The minimum Gasteiger partial charge on any atom is -0.322 e. The van der Waals surface area contributed by atoms with E-state index in [4.69, 9.17) is 0 Å². The number of hydrogen-bond donors (Lipinski definition) is 2. The number of hydrogen-bond acceptors (Lipinski definition) is 4. The van der Waals surface area contributed by atoms with Crippen molar-refractivity contribution in [3.63, 3.8) is 0 Å². The van der Waals surface area contributed by atoms with Crippen LogP contribution < -0.4 is 16.3 Å². The normalized spacial score (nSPS) is 10.7. The van der Waals surface area contributed by atoms with Gasteiger partial charge in [0.15, 0.2) is 5.65 Å². The summed E-state index contributed by atoms with van der Waals surface area (Å²) in [6.07, 6.45) is 1.67. The highest BCUT2D eigenvalue weighted by Crippen LogP contribution is 2.19. The van der Waals surface area contributed by atoms with E-state index in [1.165, 1.54) is 9.08 Å². The Kier molecular flexibility index (Phi) is 5.92. The second kappa shape index (κ2) is 9.48. The monoisotopic (exact) mass is 463 g/mol. The highest BCUT2D eigenvalue weighted by Gasteiger charge is 2.15. The van der Waals surface area contributed by atoms with Crippen LogP contribution in [0.15, 0.2) is 108 Å². The van der Waals surface area contributed by atoms with Gasteiger partial charge in [0.05, 0.1) is 17.8 Å². The molecule has 0 aliphatic heterocycles. The Morgan fingerprint density at radius 2 is 1.54 bits per heavy atom. The first-order valence-electron chi connectivity index (χ1n) is 11.0. The van der Waals surface area contributed by atoms with Gasteiger partial charge in [0.2, 0.25) is 0 Å². The molecule has 35 heavy (non-hydrogen) atoms. The van der Waals surface area contributed by atoms with Gasteiger partial charge in [0.25, 0.3) is 11.8 Å². The fourth-order valence-electron chi connectivity index (χ4n) is 3.76. The van der Waals surface area contributed by atoms with Gasteiger partial charge in [-0.25, -0.2) is 9.48 Å². The molecule has 3 aromatic carbocycles.